The lowest BCUT2D eigenvalue weighted by Crippen LogP contribution is -2.10. The minimum atomic E-state index is 0.588. The Morgan fingerprint density at radius 2 is 1.11 bits per heavy atom. The van der Waals surface area contributed by atoms with Crippen LogP contribution in [0.1, 0.15) is 0 Å². The molecule has 0 bridgehead atoms. The van der Waals surface area contributed by atoms with E-state index in [9.17, 15) is 0 Å². The minimum absolute atomic E-state index is 0.588. The Hall–Kier alpha value is -7.37. The van der Waals surface area contributed by atoms with Gasteiger partial charge in [0.05, 0.1) is 22.1 Å². The normalized spacial score (nSPS) is 11.7. The van der Waals surface area contributed by atoms with Gasteiger partial charge < -0.3 is 18.3 Å². The van der Waals surface area contributed by atoms with Crippen molar-refractivity contribution in [1.82, 2.24) is 9.55 Å². The third-order valence-corrected chi connectivity index (χ3v) is 10.4. The highest BCUT2D eigenvalue weighted by atomic mass is 16.4. The van der Waals surface area contributed by atoms with Crippen LogP contribution in [0.3, 0.4) is 0 Å². The summed E-state index contributed by atoms with van der Waals surface area (Å²) in [7, 11) is 0. The maximum Gasteiger partial charge on any atom is 0.227 e. The zero-order valence-corrected chi connectivity index (χ0v) is 29.1. The van der Waals surface area contributed by atoms with Crippen LogP contribution in [0.15, 0.2) is 197 Å². The van der Waals surface area contributed by atoms with Crippen molar-refractivity contribution in [2.75, 3.05) is 4.90 Å². The Morgan fingerprint density at radius 1 is 0.444 bits per heavy atom. The van der Waals surface area contributed by atoms with Crippen LogP contribution < -0.4 is 4.90 Å². The predicted molar refractivity (Wildman–Crippen MR) is 221 cm³/mol. The maximum atomic E-state index is 6.84. The number of hydrogen-bond acceptors (Lipinski definition) is 4. The molecule has 3 heterocycles. The summed E-state index contributed by atoms with van der Waals surface area (Å²) in [5.41, 5.74) is 12.6. The molecule has 0 radical (unpaired) electrons. The van der Waals surface area contributed by atoms with Crippen LogP contribution in [0.25, 0.3) is 83.1 Å². The second-order valence-corrected chi connectivity index (χ2v) is 13.6. The molecule has 5 heteroatoms. The lowest BCUT2D eigenvalue weighted by molar-refractivity contribution is 0.622. The highest BCUT2D eigenvalue weighted by molar-refractivity contribution is 6.19. The van der Waals surface area contributed by atoms with Crippen molar-refractivity contribution in [2.45, 2.75) is 0 Å². The summed E-state index contributed by atoms with van der Waals surface area (Å²) in [6.07, 6.45) is 0. The van der Waals surface area contributed by atoms with Gasteiger partial charge in [0.25, 0.3) is 0 Å². The Morgan fingerprint density at radius 3 is 1.94 bits per heavy atom. The molecule has 0 fully saturated rings. The second kappa shape index (κ2) is 12.1. The first-order valence-electron chi connectivity index (χ1n) is 18.1. The number of rotatable bonds is 6. The number of aromatic nitrogens is 2. The molecule has 0 aliphatic rings. The van der Waals surface area contributed by atoms with Crippen LogP contribution in [-0.4, -0.2) is 9.55 Å². The first-order valence-corrected chi connectivity index (χ1v) is 18.1. The molecule has 0 saturated heterocycles. The third kappa shape index (κ3) is 4.76. The molecule has 0 aliphatic heterocycles. The molecule has 254 valence electrons. The molecule has 0 spiro atoms. The van der Waals surface area contributed by atoms with E-state index in [1.807, 2.05) is 42.5 Å². The van der Waals surface area contributed by atoms with E-state index in [2.05, 4.69) is 155 Å². The molecule has 0 amide bonds. The lowest BCUT2D eigenvalue weighted by Gasteiger charge is -2.26. The summed E-state index contributed by atoms with van der Waals surface area (Å²) >= 11 is 0. The van der Waals surface area contributed by atoms with Crippen LogP contribution in [-0.2, 0) is 0 Å². The van der Waals surface area contributed by atoms with Crippen molar-refractivity contribution in [3.05, 3.63) is 188 Å². The fourth-order valence-electron chi connectivity index (χ4n) is 7.97. The summed E-state index contributed by atoms with van der Waals surface area (Å²) in [5.74, 6) is 0.588. The van der Waals surface area contributed by atoms with Crippen molar-refractivity contribution in [2.24, 2.45) is 0 Å². The van der Waals surface area contributed by atoms with E-state index in [-0.39, 0.29) is 0 Å². The van der Waals surface area contributed by atoms with Gasteiger partial charge in [-0.3, -0.25) is 0 Å². The predicted octanol–water partition coefficient (Wildman–Crippen LogP) is 13.6. The van der Waals surface area contributed by atoms with Crippen molar-refractivity contribution in [1.29, 1.82) is 0 Å². The van der Waals surface area contributed by atoms with Crippen LogP contribution in [0.5, 0.6) is 0 Å². The average molecular weight is 694 g/mol. The fraction of sp³-hybridized carbons (Fsp3) is 0. The zero-order valence-electron chi connectivity index (χ0n) is 29.1. The molecular weight excluding hydrogens is 663 g/mol. The Bertz CT molecular complexity index is 3160. The van der Waals surface area contributed by atoms with Crippen LogP contribution in [0.4, 0.5) is 17.1 Å². The van der Waals surface area contributed by atoms with Crippen LogP contribution in [0, 0.1) is 0 Å². The van der Waals surface area contributed by atoms with E-state index in [1.54, 1.807) is 0 Å². The number of para-hydroxylation sites is 3. The number of hydrogen-bond donors (Lipinski definition) is 0. The molecule has 0 aliphatic carbocycles. The maximum absolute atomic E-state index is 6.84. The van der Waals surface area contributed by atoms with Gasteiger partial charge in [0.15, 0.2) is 11.2 Å². The molecule has 54 heavy (non-hydrogen) atoms. The molecule has 11 aromatic rings. The van der Waals surface area contributed by atoms with Gasteiger partial charge in [-0.1, -0.05) is 115 Å². The fourth-order valence-corrected chi connectivity index (χ4v) is 7.97. The summed E-state index contributed by atoms with van der Waals surface area (Å²) in [6.45, 7) is 0. The van der Waals surface area contributed by atoms with Gasteiger partial charge in [-0.05, 0) is 83.9 Å². The molecule has 5 nitrogen and oxygen atoms in total. The largest absolute Gasteiger partial charge is 0.454 e. The van der Waals surface area contributed by atoms with E-state index in [0.717, 1.165) is 72.4 Å². The SMILES string of the molecule is c1ccc(-c2cccc(N(c3ccc4c5ccccc5n(-c5ccccc5)c4c3)c3cccc4c3oc3ccc5nc(-c6ccccc6)oc5c34)c2)cc1. The summed E-state index contributed by atoms with van der Waals surface area (Å²) in [6, 6.07) is 65.6. The van der Waals surface area contributed by atoms with E-state index in [1.165, 1.54) is 16.3 Å². The molecule has 3 aromatic heterocycles. The highest BCUT2D eigenvalue weighted by Crippen LogP contribution is 2.46. The quantitative estimate of drug-likeness (QED) is 0.174. The molecule has 0 N–H and O–H groups in total. The molecule has 0 unspecified atom stereocenters. The number of fused-ring (bicyclic) bond motifs is 8. The van der Waals surface area contributed by atoms with Gasteiger partial charge in [-0.15, -0.1) is 0 Å². The van der Waals surface area contributed by atoms with Crippen LogP contribution >= 0.6 is 0 Å². The summed E-state index contributed by atoms with van der Waals surface area (Å²) in [5, 5.41) is 4.29. The van der Waals surface area contributed by atoms with Crippen molar-refractivity contribution in [3.63, 3.8) is 0 Å². The van der Waals surface area contributed by atoms with Crippen molar-refractivity contribution >= 4 is 71.9 Å². The van der Waals surface area contributed by atoms with Gasteiger partial charge in [0, 0.05) is 38.8 Å². The number of furan rings is 1. The number of anilines is 3. The van der Waals surface area contributed by atoms with E-state index in [0.29, 0.717) is 11.5 Å². The van der Waals surface area contributed by atoms with Gasteiger partial charge in [0.2, 0.25) is 5.89 Å². The highest BCUT2D eigenvalue weighted by Gasteiger charge is 2.24. The third-order valence-electron chi connectivity index (χ3n) is 10.4. The Kier molecular flexibility index (Phi) is 6.79. The lowest BCUT2D eigenvalue weighted by atomic mass is 10.0. The number of oxazole rings is 1. The average Bonchev–Trinajstić information content (AvgIpc) is 3.94. The second-order valence-electron chi connectivity index (χ2n) is 13.6. The molecule has 0 saturated carbocycles. The van der Waals surface area contributed by atoms with E-state index < -0.39 is 0 Å². The van der Waals surface area contributed by atoms with Crippen molar-refractivity contribution < 1.29 is 8.83 Å². The monoisotopic (exact) mass is 693 g/mol. The summed E-state index contributed by atoms with van der Waals surface area (Å²) in [4.78, 5) is 7.19. The van der Waals surface area contributed by atoms with Gasteiger partial charge in [-0.2, -0.15) is 0 Å². The standard InChI is InChI=1S/C49H31N3O2/c1-4-14-32(15-5-1)34-18-12-21-36(30-34)51(37-26-27-39-38-22-10-11-24-42(38)52(44(39)31-37)35-19-8-3-9-20-35)43-25-13-23-40-46-45(53-47(40)43)29-28-41-48(46)54-49(50-41)33-16-6-2-7-17-33/h1-31H. The van der Waals surface area contributed by atoms with Crippen LogP contribution in [0.2, 0.25) is 0 Å². The smallest absolute Gasteiger partial charge is 0.227 e. The molecule has 0 atom stereocenters. The number of benzene rings is 8. The van der Waals surface area contributed by atoms with Gasteiger partial charge in [0.1, 0.15) is 11.1 Å². The zero-order chi connectivity index (χ0) is 35.6. The minimum Gasteiger partial charge on any atom is -0.454 e. The first kappa shape index (κ1) is 30.3. The summed E-state index contributed by atoms with van der Waals surface area (Å²) < 4.78 is 15.7. The van der Waals surface area contributed by atoms with Gasteiger partial charge >= 0.3 is 0 Å². The number of nitrogens with zero attached hydrogens (tertiary/aromatic N) is 3. The Labute approximate surface area is 310 Å². The topological polar surface area (TPSA) is 47.3 Å². The molecular formula is C49H31N3O2. The Balaban J connectivity index is 1.18. The first-order chi connectivity index (χ1) is 26.8. The molecule has 8 aromatic carbocycles. The molecule has 11 rings (SSSR count). The van der Waals surface area contributed by atoms with Crippen molar-refractivity contribution in [3.8, 4) is 28.3 Å². The van der Waals surface area contributed by atoms with Gasteiger partial charge in [-0.25, -0.2) is 4.98 Å². The van der Waals surface area contributed by atoms with E-state index >= 15 is 0 Å². The van der Waals surface area contributed by atoms with E-state index in [4.69, 9.17) is 13.8 Å².